The molecule has 1 atom stereocenters. The van der Waals surface area contributed by atoms with Crippen molar-refractivity contribution in [2.45, 2.75) is 40.2 Å². The van der Waals surface area contributed by atoms with E-state index in [2.05, 4.69) is 10.3 Å². The normalized spacial score (nSPS) is 12.1. The minimum absolute atomic E-state index is 0.0821. The van der Waals surface area contributed by atoms with Crippen LogP contribution in [0.3, 0.4) is 0 Å². The number of benzene rings is 2. The molecule has 0 aliphatic carbocycles. The van der Waals surface area contributed by atoms with E-state index in [1.807, 2.05) is 67.8 Å². The number of amides is 1. The van der Waals surface area contributed by atoms with E-state index in [0.717, 1.165) is 28.0 Å². The van der Waals surface area contributed by atoms with E-state index in [0.29, 0.717) is 18.5 Å². The molecule has 0 radical (unpaired) electrons. The Balaban J connectivity index is 1.78. The van der Waals surface area contributed by atoms with Gasteiger partial charge in [0.1, 0.15) is 5.82 Å². The van der Waals surface area contributed by atoms with Crippen molar-refractivity contribution in [2.24, 2.45) is 0 Å². The van der Waals surface area contributed by atoms with E-state index in [9.17, 15) is 9.59 Å². The Labute approximate surface area is 159 Å². The molecule has 5 nitrogen and oxygen atoms in total. The molecule has 0 saturated heterocycles. The molecule has 1 heterocycles. The van der Waals surface area contributed by atoms with E-state index >= 15 is 0 Å². The predicted molar refractivity (Wildman–Crippen MR) is 107 cm³/mol. The zero-order chi connectivity index (χ0) is 19.6. The predicted octanol–water partition coefficient (Wildman–Crippen LogP) is 3.78. The molecule has 0 aliphatic rings. The van der Waals surface area contributed by atoms with Crippen molar-refractivity contribution in [1.82, 2.24) is 14.9 Å². The summed E-state index contributed by atoms with van der Waals surface area (Å²) in [5, 5.41) is 2.97. The van der Waals surface area contributed by atoms with Crippen LogP contribution in [0.2, 0.25) is 0 Å². The number of rotatable bonds is 6. The second-order valence-corrected chi connectivity index (χ2v) is 7.00. The second kappa shape index (κ2) is 7.74. The first-order chi connectivity index (χ1) is 12.9. The van der Waals surface area contributed by atoms with Gasteiger partial charge in [0.25, 0.3) is 5.91 Å². The SMILES string of the molecule is CC(=O)C(C)n1c(CCNC(=O)c2ccc(C)cc2C)nc2ccccc21. The lowest BCUT2D eigenvalue weighted by Gasteiger charge is -2.15. The molecule has 1 aromatic heterocycles. The zero-order valence-corrected chi connectivity index (χ0v) is 16.2. The molecule has 1 N–H and O–H groups in total. The number of hydrogen-bond acceptors (Lipinski definition) is 3. The van der Waals surface area contributed by atoms with E-state index in [-0.39, 0.29) is 17.7 Å². The summed E-state index contributed by atoms with van der Waals surface area (Å²) < 4.78 is 1.97. The van der Waals surface area contributed by atoms with Crippen LogP contribution in [0.25, 0.3) is 11.0 Å². The van der Waals surface area contributed by atoms with Crippen LogP contribution in [0, 0.1) is 13.8 Å². The third kappa shape index (κ3) is 3.92. The summed E-state index contributed by atoms with van der Waals surface area (Å²) in [5.74, 6) is 0.799. The van der Waals surface area contributed by atoms with Gasteiger partial charge in [0, 0.05) is 18.5 Å². The average Bonchev–Trinajstić information content (AvgIpc) is 2.98. The van der Waals surface area contributed by atoms with Crippen molar-refractivity contribution in [1.29, 1.82) is 0 Å². The van der Waals surface area contributed by atoms with Crippen molar-refractivity contribution in [3.05, 3.63) is 65.0 Å². The van der Waals surface area contributed by atoms with Crippen LogP contribution >= 0.6 is 0 Å². The van der Waals surface area contributed by atoms with Crippen LogP contribution in [0.4, 0.5) is 0 Å². The fraction of sp³-hybridized carbons (Fsp3) is 0.318. The lowest BCUT2D eigenvalue weighted by molar-refractivity contribution is -0.119. The molecule has 27 heavy (non-hydrogen) atoms. The highest BCUT2D eigenvalue weighted by molar-refractivity contribution is 5.95. The Morgan fingerprint density at radius 1 is 1.15 bits per heavy atom. The highest BCUT2D eigenvalue weighted by atomic mass is 16.1. The molecule has 0 aliphatic heterocycles. The standard InChI is InChI=1S/C22H25N3O2/c1-14-9-10-18(15(2)13-14)22(27)23-12-11-21-24-19-7-5-6-8-20(19)25(21)16(3)17(4)26/h5-10,13,16H,11-12H2,1-4H3,(H,23,27). The molecule has 1 unspecified atom stereocenters. The minimum Gasteiger partial charge on any atom is -0.352 e. The van der Waals surface area contributed by atoms with Gasteiger partial charge in [0.2, 0.25) is 0 Å². The van der Waals surface area contributed by atoms with Gasteiger partial charge in [-0.25, -0.2) is 4.98 Å². The fourth-order valence-electron chi connectivity index (χ4n) is 3.34. The molecule has 0 fully saturated rings. The number of aromatic nitrogens is 2. The van der Waals surface area contributed by atoms with Crippen molar-refractivity contribution in [3.63, 3.8) is 0 Å². The quantitative estimate of drug-likeness (QED) is 0.725. The zero-order valence-electron chi connectivity index (χ0n) is 16.2. The Kier molecular flexibility index (Phi) is 5.40. The van der Waals surface area contributed by atoms with Crippen LogP contribution in [0.1, 0.15) is 47.2 Å². The molecule has 5 heteroatoms. The number of carbonyl (C=O) groups excluding carboxylic acids is 2. The highest BCUT2D eigenvalue weighted by Gasteiger charge is 2.18. The Bertz CT molecular complexity index is 1000. The number of Topliss-reactive ketones (excluding diaryl/α,β-unsaturated/α-hetero) is 1. The van der Waals surface area contributed by atoms with Crippen molar-refractivity contribution in [3.8, 4) is 0 Å². The molecule has 3 rings (SSSR count). The minimum atomic E-state index is -0.289. The van der Waals surface area contributed by atoms with Crippen LogP contribution in [-0.4, -0.2) is 27.8 Å². The molecule has 0 saturated carbocycles. The van der Waals surface area contributed by atoms with Gasteiger partial charge < -0.3 is 9.88 Å². The third-order valence-electron chi connectivity index (χ3n) is 4.91. The van der Waals surface area contributed by atoms with Crippen molar-refractivity contribution < 1.29 is 9.59 Å². The fourth-order valence-corrected chi connectivity index (χ4v) is 3.34. The molecule has 2 aromatic carbocycles. The monoisotopic (exact) mass is 363 g/mol. The number of nitrogens with zero attached hydrogens (tertiary/aromatic N) is 2. The van der Waals surface area contributed by atoms with Crippen LogP contribution in [0.5, 0.6) is 0 Å². The lowest BCUT2D eigenvalue weighted by Crippen LogP contribution is -2.27. The van der Waals surface area contributed by atoms with Crippen LogP contribution in [0.15, 0.2) is 42.5 Å². The summed E-state index contributed by atoms with van der Waals surface area (Å²) >= 11 is 0. The maximum atomic E-state index is 12.5. The smallest absolute Gasteiger partial charge is 0.251 e. The average molecular weight is 363 g/mol. The van der Waals surface area contributed by atoms with Gasteiger partial charge >= 0.3 is 0 Å². The molecule has 140 valence electrons. The molecule has 0 bridgehead atoms. The van der Waals surface area contributed by atoms with Crippen molar-refractivity contribution in [2.75, 3.05) is 6.54 Å². The summed E-state index contributed by atoms with van der Waals surface area (Å²) in [6, 6.07) is 13.3. The summed E-state index contributed by atoms with van der Waals surface area (Å²) in [7, 11) is 0. The molecule has 1 amide bonds. The van der Waals surface area contributed by atoms with Gasteiger partial charge in [-0.2, -0.15) is 0 Å². The van der Waals surface area contributed by atoms with E-state index < -0.39 is 0 Å². The topological polar surface area (TPSA) is 64.0 Å². The number of nitrogens with one attached hydrogen (secondary N) is 1. The third-order valence-corrected chi connectivity index (χ3v) is 4.91. The Morgan fingerprint density at radius 3 is 2.59 bits per heavy atom. The number of hydrogen-bond donors (Lipinski definition) is 1. The largest absolute Gasteiger partial charge is 0.352 e. The molecule has 0 spiro atoms. The number of fused-ring (bicyclic) bond motifs is 1. The summed E-state index contributed by atoms with van der Waals surface area (Å²) in [4.78, 5) is 29.1. The van der Waals surface area contributed by atoms with Gasteiger partial charge in [0.05, 0.1) is 17.1 Å². The maximum absolute atomic E-state index is 12.5. The summed E-state index contributed by atoms with van der Waals surface area (Å²) in [5.41, 5.74) is 4.59. The summed E-state index contributed by atoms with van der Waals surface area (Å²) in [6.45, 7) is 7.88. The van der Waals surface area contributed by atoms with Gasteiger partial charge in [-0.15, -0.1) is 0 Å². The number of ketones is 1. The van der Waals surface area contributed by atoms with Gasteiger partial charge in [-0.1, -0.05) is 29.8 Å². The van der Waals surface area contributed by atoms with Crippen LogP contribution in [-0.2, 0) is 11.2 Å². The van der Waals surface area contributed by atoms with Gasteiger partial charge in [0.15, 0.2) is 5.78 Å². The number of imidazole rings is 1. The lowest BCUT2D eigenvalue weighted by atomic mass is 10.1. The van der Waals surface area contributed by atoms with E-state index in [4.69, 9.17) is 0 Å². The first kappa shape index (κ1) is 18.8. The number of para-hydroxylation sites is 2. The van der Waals surface area contributed by atoms with E-state index in [1.54, 1.807) is 6.92 Å². The summed E-state index contributed by atoms with van der Waals surface area (Å²) in [6.07, 6.45) is 0.558. The molecule has 3 aromatic rings. The van der Waals surface area contributed by atoms with E-state index in [1.165, 1.54) is 0 Å². The maximum Gasteiger partial charge on any atom is 0.251 e. The molecular weight excluding hydrogens is 338 g/mol. The second-order valence-electron chi connectivity index (χ2n) is 7.00. The first-order valence-corrected chi connectivity index (χ1v) is 9.20. The number of aryl methyl sites for hydroxylation is 2. The van der Waals surface area contributed by atoms with Crippen molar-refractivity contribution >= 4 is 22.7 Å². The highest BCUT2D eigenvalue weighted by Crippen LogP contribution is 2.22. The Morgan fingerprint density at radius 2 is 1.89 bits per heavy atom. The Hall–Kier alpha value is -2.95. The first-order valence-electron chi connectivity index (χ1n) is 9.20. The molecular formula is C22H25N3O2. The van der Waals surface area contributed by atoms with Gasteiger partial charge in [-0.3, -0.25) is 9.59 Å². The number of carbonyl (C=O) groups is 2. The van der Waals surface area contributed by atoms with Gasteiger partial charge in [-0.05, 0) is 51.5 Å². The van der Waals surface area contributed by atoms with Crippen LogP contribution < -0.4 is 5.32 Å².